The maximum atomic E-state index is 12.9. The average molecular weight is 413 g/mol. The first-order valence-electron chi connectivity index (χ1n) is 9.96. The largest absolute Gasteiger partial charge is 0.507 e. The van der Waals surface area contributed by atoms with Gasteiger partial charge in [0.25, 0.3) is 11.7 Å². The van der Waals surface area contributed by atoms with Crippen LogP contribution in [-0.2, 0) is 14.3 Å². The highest BCUT2D eigenvalue weighted by molar-refractivity contribution is 6.46. The summed E-state index contributed by atoms with van der Waals surface area (Å²) in [5, 5.41) is 11.1. The van der Waals surface area contributed by atoms with Crippen molar-refractivity contribution in [3.8, 4) is 5.75 Å². The van der Waals surface area contributed by atoms with Crippen LogP contribution in [0.3, 0.4) is 0 Å². The van der Waals surface area contributed by atoms with Gasteiger partial charge in [0.2, 0.25) is 0 Å². The van der Waals surface area contributed by atoms with Crippen molar-refractivity contribution in [3.05, 3.63) is 58.6 Å². The molecule has 160 valence electrons. The van der Waals surface area contributed by atoms with Crippen molar-refractivity contribution in [2.24, 2.45) is 0 Å². The Bertz CT molecular complexity index is 974. The van der Waals surface area contributed by atoms with Crippen LogP contribution in [0, 0.1) is 13.8 Å². The number of Topliss-reactive ketones (excluding diaryl/α,β-unsaturated/α-hetero) is 1. The number of aliphatic hydroxyl groups excluding tert-OH is 1. The SMILES string of the molecule is CCOc1ccc(/C(O)=C2/C(=O)C(=O)N(CCCOC)C2c2ccc(C)o2)cc1C. The summed E-state index contributed by atoms with van der Waals surface area (Å²) in [6.07, 6.45) is 0.557. The lowest BCUT2D eigenvalue weighted by molar-refractivity contribution is -0.140. The van der Waals surface area contributed by atoms with Crippen molar-refractivity contribution in [2.75, 3.05) is 26.9 Å². The van der Waals surface area contributed by atoms with Gasteiger partial charge in [0, 0.05) is 25.8 Å². The summed E-state index contributed by atoms with van der Waals surface area (Å²) in [5.74, 6) is 0.183. The lowest BCUT2D eigenvalue weighted by Gasteiger charge is -2.23. The highest BCUT2D eigenvalue weighted by atomic mass is 16.5. The van der Waals surface area contributed by atoms with Crippen molar-refractivity contribution in [2.45, 2.75) is 33.2 Å². The second-order valence-corrected chi connectivity index (χ2v) is 7.20. The van der Waals surface area contributed by atoms with E-state index in [0.29, 0.717) is 49.0 Å². The van der Waals surface area contributed by atoms with Crippen LogP contribution in [0.2, 0.25) is 0 Å². The van der Waals surface area contributed by atoms with Gasteiger partial charge >= 0.3 is 0 Å². The lowest BCUT2D eigenvalue weighted by Crippen LogP contribution is -2.31. The van der Waals surface area contributed by atoms with Crippen molar-refractivity contribution >= 4 is 17.4 Å². The summed E-state index contributed by atoms with van der Waals surface area (Å²) in [5.41, 5.74) is 1.29. The number of hydrogen-bond donors (Lipinski definition) is 1. The smallest absolute Gasteiger partial charge is 0.295 e. The second-order valence-electron chi connectivity index (χ2n) is 7.20. The number of aliphatic hydroxyl groups is 1. The van der Waals surface area contributed by atoms with Crippen LogP contribution >= 0.6 is 0 Å². The van der Waals surface area contributed by atoms with Gasteiger partial charge in [0.1, 0.15) is 29.1 Å². The molecule has 7 nitrogen and oxygen atoms in total. The highest BCUT2D eigenvalue weighted by Crippen LogP contribution is 2.40. The van der Waals surface area contributed by atoms with E-state index in [1.165, 1.54) is 4.90 Å². The van der Waals surface area contributed by atoms with Gasteiger partial charge < -0.3 is 23.9 Å². The highest BCUT2D eigenvalue weighted by Gasteiger charge is 2.47. The predicted molar refractivity (Wildman–Crippen MR) is 111 cm³/mol. The topological polar surface area (TPSA) is 89.2 Å². The van der Waals surface area contributed by atoms with Crippen LogP contribution < -0.4 is 4.74 Å². The number of ketones is 1. The Morgan fingerprint density at radius 2 is 1.97 bits per heavy atom. The van der Waals surface area contributed by atoms with E-state index in [-0.39, 0.29) is 11.3 Å². The van der Waals surface area contributed by atoms with Gasteiger partial charge in [-0.1, -0.05) is 0 Å². The molecule has 1 fully saturated rings. The van der Waals surface area contributed by atoms with Gasteiger partial charge in [-0.3, -0.25) is 9.59 Å². The molecule has 1 N–H and O–H groups in total. The van der Waals surface area contributed by atoms with E-state index in [1.807, 2.05) is 13.8 Å². The van der Waals surface area contributed by atoms with E-state index < -0.39 is 17.7 Å². The van der Waals surface area contributed by atoms with Crippen molar-refractivity contribution < 1.29 is 28.6 Å². The number of amides is 1. The van der Waals surface area contributed by atoms with Crippen LogP contribution in [0.4, 0.5) is 0 Å². The molecule has 1 amide bonds. The van der Waals surface area contributed by atoms with Gasteiger partial charge in [-0.15, -0.1) is 0 Å². The first-order valence-corrected chi connectivity index (χ1v) is 9.96. The number of ether oxygens (including phenoxy) is 2. The molecule has 0 saturated carbocycles. The molecular formula is C23H27NO6. The first kappa shape index (κ1) is 21.6. The number of nitrogens with zero attached hydrogens (tertiary/aromatic N) is 1. The summed E-state index contributed by atoms with van der Waals surface area (Å²) in [7, 11) is 1.58. The molecule has 1 atom stereocenters. The molecule has 1 aromatic carbocycles. The van der Waals surface area contributed by atoms with Crippen molar-refractivity contribution in [3.63, 3.8) is 0 Å². The third-order valence-electron chi connectivity index (χ3n) is 5.07. The zero-order valence-electron chi connectivity index (χ0n) is 17.7. The third-order valence-corrected chi connectivity index (χ3v) is 5.07. The minimum absolute atomic E-state index is 0.0235. The molecule has 2 aromatic rings. The number of hydrogen-bond acceptors (Lipinski definition) is 6. The molecule has 2 heterocycles. The Balaban J connectivity index is 2.08. The third kappa shape index (κ3) is 4.11. The van der Waals surface area contributed by atoms with E-state index in [2.05, 4.69) is 0 Å². The molecule has 1 saturated heterocycles. The number of methoxy groups -OCH3 is 1. The van der Waals surface area contributed by atoms with Gasteiger partial charge in [-0.25, -0.2) is 0 Å². The van der Waals surface area contributed by atoms with Crippen molar-refractivity contribution in [1.29, 1.82) is 0 Å². The summed E-state index contributed by atoms with van der Waals surface area (Å²) in [6, 6.07) is 7.87. The molecule has 30 heavy (non-hydrogen) atoms. The standard InChI is InChI=1S/C23H27NO6/c1-5-29-17-10-8-16(13-14(17)2)21(25)19-20(18-9-7-15(3)30-18)24(11-6-12-28-4)23(27)22(19)26/h7-10,13,20,25H,5-6,11-12H2,1-4H3/b21-19-. The van der Waals surface area contributed by atoms with Gasteiger partial charge in [0.05, 0.1) is 12.2 Å². The molecule has 3 rings (SSSR count). The molecule has 0 aliphatic carbocycles. The summed E-state index contributed by atoms with van der Waals surface area (Å²) in [6.45, 7) is 6.82. The van der Waals surface area contributed by atoms with E-state index >= 15 is 0 Å². The molecule has 1 unspecified atom stereocenters. The summed E-state index contributed by atoms with van der Waals surface area (Å²) < 4.78 is 16.4. The molecule has 1 aromatic heterocycles. The molecule has 1 aliphatic rings. The summed E-state index contributed by atoms with van der Waals surface area (Å²) >= 11 is 0. The van der Waals surface area contributed by atoms with Crippen LogP contribution in [0.25, 0.3) is 5.76 Å². The Hall–Kier alpha value is -3.06. The van der Waals surface area contributed by atoms with Crippen molar-refractivity contribution in [1.82, 2.24) is 4.90 Å². The Morgan fingerprint density at radius 1 is 1.20 bits per heavy atom. The zero-order chi connectivity index (χ0) is 21.8. The molecule has 7 heteroatoms. The number of likely N-dealkylation sites (tertiary alicyclic amines) is 1. The fraction of sp³-hybridized carbons (Fsp3) is 0.391. The molecule has 1 aliphatic heterocycles. The maximum absolute atomic E-state index is 12.9. The van der Waals surface area contributed by atoms with E-state index in [4.69, 9.17) is 13.9 Å². The van der Waals surface area contributed by atoms with E-state index in [1.54, 1.807) is 44.4 Å². The van der Waals surface area contributed by atoms with Crippen LogP contribution in [0.1, 0.15) is 42.0 Å². The van der Waals surface area contributed by atoms with E-state index in [0.717, 1.165) is 5.56 Å². The molecular weight excluding hydrogens is 386 g/mol. The molecule has 0 bridgehead atoms. The number of carbonyl (C=O) groups excluding carboxylic acids is 2. The monoisotopic (exact) mass is 413 g/mol. The van der Waals surface area contributed by atoms with Gasteiger partial charge in [-0.05, 0) is 63.1 Å². The lowest BCUT2D eigenvalue weighted by atomic mass is 9.98. The Labute approximate surface area is 175 Å². The van der Waals surface area contributed by atoms with Crippen LogP contribution in [0.5, 0.6) is 5.75 Å². The predicted octanol–water partition coefficient (Wildman–Crippen LogP) is 3.75. The average Bonchev–Trinajstić information content (AvgIpc) is 3.25. The van der Waals surface area contributed by atoms with Crippen LogP contribution in [-0.4, -0.2) is 48.6 Å². The first-order chi connectivity index (χ1) is 14.4. The zero-order valence-corrected chi connectivity index (χ0v) is 17.7. The minimum Gasteiger partial charge on any atom is -0.507 e. The van der Waals surface area contributed by atoms with Gasteiger partial charge in [-0.2, -0.15) is 0 Å². The number of furan rings is 1. The summed E-state index contributed by atoms with van der Waals surface area (Å²) in [4.78, 5) is 27.1. The molecule has 0 radical (unpaired) electrons. The number of benzene rings is 1. The second kappa shape index (κ2) is 9.17. The normalized spacial score (nSPS) is 18.3. The minimum atomic E-state index is -0.789. The quantitative estimate of drug-likeness (QED) is 0.307. The van der Waals surface area contributed by atoms with E-state index in [9.17, 15) is 14.7 Å². The Kier molecular flexibility index (Phi) is 6.62. The van der Waals surface area contributed by atoms with Gasteiger partial charge in [0.15, 0.2) is 0 Å². The molecule has 0 spiro atoms. The maximum Gasteiger partial charge on any atom is 0.295 e. The number of rotatable bonds is 8. The van der Waals surface area contributed by atoms with Crippen LogP contribution in [0.15, 0.2) is 40.3 Å². The number of aryl methyl sites for hydroxylation is 2. The Morgan fingerprint density at radius 3 is 2.57 bits per heavy atom. The fourth-order valence-electron chi connectivity index (χ4n) is 3.66. The fourth-order valence-corrected chi connectivity index (χ4v) is 3.66. The number of carbonyl (C=O) groups is 2.